The molecule has 1 N–H and O–H groups in total. The highest BCUT2D eigenvalue weighted by molar-refractivity contribution is 8.93. The number of halogens is 1. The highest BCUT2D eigenvalue weighted by atomic mass is 79.9. The second-order valence-electron chi connectivity index (χ2n) is 2.80. The normalized spacial score (nSPS) is 9.62. The molecule has 0 unspecified atom stereocenters. The molecule has 0 aliphatic carbocycles. The maximum atomic E-state index is 9.20. The number of aromatic hydroxyl groups is 1. The zero-order valence-corrected chi connectivity index (χ0v) is 8.90. The molecule has 68 valence electrons. The van der Waals surface area contributed by atoms with Crippen LogP contribution in [0.3, 0.4) is 0 Å². The predicted octanol–water partition coefficient (Wildman–Crippen LogP) is 2.83. The van der Waals surface area contributed by atoms with E-state index in [1.807, 2.05) is 19.1 Å². The maximum absolute atomic E-state index is 9.20. The number of phenols is 1. The van der Waals surface area contributed by atoms with Crippen LogP contribution in [0.1, 0.15) is 5.69 Å². The van der Waals surface area contributed by atoms with Crippen LogP contribution in [0.25, 0.3) is 10.8 Å². The Hall–Kier alpha value is -1.09. The highest BCUT2D eigenvalue weighted by Gasteiger charge is 1.97. The van der Waals surface area contributed by atoms with Crippen LogP contribution in [-0.4, -0.2) is 10.1 Å². The Morgan fingerprint density at radius 2 is 2.00 bits per heavy atom. The number of rotatable bonds is 0. The lowest BCUT2D eigenvalue weighted by Gasteiger charge is -2.00. The average molecular weight is 240 g/mol. The van der Waals surface area contributed by atoms with Crippen LogP contribution in [0.15, 0.2) is 30.5 Å². The summed E-state index contributed by atoms with van der Waals surface area (Å²) in [5, 5.41) is 11.3. The van der Waals surface area contributed by atoms with E-state index in [-0.39, 0.29) is 17.0 Å². The fourth-order valence-electron chi connectivity index (χ4n) is 1.32. The minimum Gasteiger partial charge on any atom is -0.508 e. The van der Waals surface area contributed by atoms with Crippen molar-refractivity contribution in [3.05, 3.63) is 36.2 Å². The van der Waals surface area contributed by atoms with Gasteiger partial charge in [0.05, 0.1) is 0 Å². The zero-order chi connectivity index (χ0) is 8.55. The second-order valence-corrected chi connectivity index (χ2v) is 2.80. The Labute approximate surface area is 87.0 Å². The molecule has 1 aromatic heterocycles. The molecule has 2 aromatic rings. The topological polar surface area (TPSA) is 33.1 Å². The van der Waals surface area contributed by atoms with Crippen molar-refractivity contribution in [2.45, 2.75) is 6.92 Å². The van der Waals surface area contributed by atoms with E-state index in [0.717, 1.165) is 16.5 Å². The van der Waals surface area contributed by atoms with E-state index in [4.69, 9.17) is 0 Å². The summed E-state index contributed by atoms with van der Waals surface area (Å²) >= 11 is 0. The summed E-state index contributed by atoms with van der Waals surface area (Å²) in [5.74, 6) is 0.299. The Balaban J connectivity index is 0.000000845. The number of fused-ring (bicyclic) bond motifs is 1. The number of phenolic OH excluding ortho intramolecular Hbond substituents is 1. The first kappa shape index (κ1) is 9.99. The molecule has 0 saturated heterocycles. The van der Waals surface area contributed by atoms with Crippen molar-refractivity contribution in [2.75, 3.05) is 0 Å². The first-order chi connectivity index (χ1) is 5.77. The van der Waals surface area contributed by atoms with Crippen LogP contribution in [0.5, 0.6) is 5.75 Å². The fraction of sp³-hybridized carbons (Fsp3) is 0.100. The van der Waals surface area contributed by atoms with Gasteiger partial charge < -0.3 is 5.11 Å². The second kappa shape index (κ2) is 3.75. The van der Waals surface area contributed by atoms with Gasteiger partial charge >= 0.3 is 0 Å². The van der Waals surface area contributed by atoms with Crippen molar-refractivity contribution in [2.24, 2.45) is 0 Å². The molecule has 0 bridgehead atoms. The molecular weight excluding hydrogens is 230 g/mol. The van der Waals surface area contributed by atoms with Gasteiger partial charge in [-0.2, -0.15) is 0 Å². The zero-order valence-electron chi connectivity index (χ0n) is 7.19. The minimum absolute atomic E-state index is 0. The third kappa shape index (κ3) is 1.80. The van der Waals surface area contributed by atoms with Gasteiger partial charge in [0.1, 0.15) is 5.75 Å². The van der Waals surface area contributed by atoms with E-state index < -0.39 is 0 Å². The number of aromatic nitrogens is 1. The number of pyridine rings is 1. The first-order valence-corrected chi connectivity index (χ1v) is 3.82. The first-order valence-electron chi connectivity index (χ1n) is 3.82. The van der Waals surface area contributed by atoms with Crippen LogP contribution in [0.2, 0.25) is 0 Å². The van der Waals surface area contributed by atoms with Gasteiger partial charge in [-0.15, -0.1) is 17.0 Å². The van der Waals surface area contributed by atoms with Crippen molar-refractivity contribution in [1.82, 2.24) is 4.98 Å². The van der Waals surface area contributed by atoms with Crippen LogP contribution in [0.4, 0.5) is 0 Å². The monoisotopic (exact) mass is 239 g/mol. The highest BCUT2D eigenvalue weighted by Crippen LogP contribution is 2.20. The minimum atomic E-state index is 0. The molecule has 3 heteroatoms. The quantitative estimate of drug-likeness (QED) is 0.768. The van der Waals surface area contributed by atoms with Crippen LogP contribution in [-0.2, 0) is 0 Å². The van der Waals surface area contributed by atoms with Gasteiger partial charge in [0, 0.05) is 17.3 Å². The summed E-state index contributed by atoms with van der Waals surface area (Å²) in [6.07, 6.45) is 1.75. The number of benzene rings is 1. The molecule has 0 atom stereocenters. The van der Waals surface area contributed by atoms with Gasteiger partial charge in [-0.05, 0) is 36.6 Å². The van der Waals surface area contributed by atoms with E-state index in [2.05, 4.69) is 4.98 Å². The van der Waals surface area contributed by atoms with Gasteiger partial charge in [0.2, 0.25) is 0 Å². The number of hydrogen-bond acceptors (Lipinski definition) is 2. The molecule has 0 amide bonds. The van der Waals surface area contributed by atoms with E-state index >= 15 is 0 Å². The molecular formula is C10H10BrNO. The van der Waals surface area contributed by atoms with E-state index in [1.165, 1.54) is 0 Å². The molecule has 0 radical (unpaired) electrons. The molecule has 0 aliphatic rings. The van der Waals surface area contributed by atoms with Gasteiger partial charge in [0.25, 0.3) is 0 Å². The Kier molecular flexibility index (Phi) is 2.88. The standard InChI is InChI=1S/C10H9NO.BrH/c1-7-10-3-2-9(12)6-8(10)4-5-11-7;/h2-6,12H,1H3;1H. The summed E-state index contributed by atoms with van der Waals surface area (Å²) in [5.41, 5.74) is 0.993. The average Bonchev–Trinajstić information content (AvgIpc) is 2.04. The Morgan fingerprint density at radius 3 is 2.77 bits per heavy atom. The SMILES string of the molecule is Br.Cc1nccc2cc(O)ccc12. The molecule has 1 heterocycles. The molecule has 0 spiro atoms. The fourth-order valence-corrected chi connectivity index (χ4v) is 1.32. The summed E-state index contributed by atoms with van der Waals surface area (Å²) in [7, 11) is 0. The van der Waals surface area contributed by atoms with Crippen molar-refractivity contribution < 1.29 is 5.11 Å². The lowest BCUT2D eigenvalue weighted by atomic mass is 10.1. The van der Waals surface area contributed by atoms with Gasteiger partial charge in [-0.3, -0.25) is 4.98 Å². The third-order valence-corrected chi connectivity index (χ3v) is 1.95. The molecule has 2 rings (SSSR count). The van der Waals surface area contributed by atoms with Crippen LogP contribution < -0.4 is 0 Å². The number of hydrogen-bond donors (Lipinski definition) is 1. The van der Waals surface area contributed by atoms with Crippen molar-refractivity contribution >= 4 is 27.8 Å². The number of nitrogens with zero attached hydrogens (tertiary/aromatic N) is 1. The van der Waals surface area contributed by atoms with Gasteiger partial charge in [-0.25, -0.2) is 0 Å². The molecule has 0 aliphatic heterocycles. The molecule has 2 nitrogen and oxygen atoms in total. The maximum Gasteiger partial charge on any atom is 0.116 e. The molecule has 1 aromatic carbocycles. The van der Waals surface area contributed by atoms with Crippen molar-refractivity contribution in [3.8, 4) is 5.75 Å². The third-order valence-electron chi connectivity index (χ3n) is 1.95. The lowest BCUT2D eigenvalue weighted by Crippen LogP contribution is -1.81. The molecule has 0 fully saturated rings. The summed E-state index contributed by atoms with van der Waals surface area (Å²) < 4.78 is 0. The van der Waals surface area contributed by atoms with E-state index in [9.17, 15) is 5.11 Å². The number of aryl methyl sites for hydroxylation is 1. The lowest BCUT2D eigenvalue weighted by molar-refractivity contribution is 0.476. The molecule has 0 saturated carbocycles. The largest absolute Gasteiger partial charge is 0.508 e. The van der Waals surface area contributed by atoms with Gasteiger partial charge in [-0.1, -0.05) is 0 Å². The smallest absolute Gasteiger partial charge is 0.116 e. The Bertz CT molecular complexity index is 428. The van der Waals surface area contributed by atoms with Crippen molar-refractivity contribution in [3.63, 3.8) is 0 Å². The van der Waals surface area contributed by atoms with Gasteiger partial charge in [0.15, 0.2) is 0 Å². The van der Waals surface area contributed by atoms with Crippen LogP contribution >= 0.6 is 17.0 Å². The van der Waals surface area contributed by atoms with Crippen molar-refractivity contribution in [1.29, 1.82) is 0 Å². The van der Waals surface area contributed by atoms with E-state index in [0.29, 0.717) is 5.75 Å². The van der Waals surface area contributed by atoms with Crippen LogP contribution in [0, 0.1) is 6.92 Å². The Morgan fingerprint density at radius 1 is 1.23 bits per heavy atom. The summed E-state index contributed by atoms with van der Waals surface area (Å²) in [4.78, 5) is 4.16. The summed E-state index contributed by atoms with van der Waals surface area (Å²) in [6, 6.07) is 7.19. The molecule has 13 heavy (non-hydrogen) atoms. The summed E-state index contributed by atoms with van der Waals surface area (Å²) in [6.45, 7) is 1.96. The van der Waals surface area contributed by atoms with E-state index in [1.54, 1.807) is 18.3 Å². The predicted molar refractivity (Wildman–Crippen MR) is 58.5 cm³/mol.